The lowest BCUT2D eigenvalue weighted by Crippen LogP contribution is -2.27. The Morgan fingerprint density at radius 3 is 2.00 bits per heavy atom. The van der Waals surface area contributed by atoms with Gasteiger partial charge in [0, 0.05) is 0 Å². The van der Waals surface area contributed by atoms with Gasteiger partial charge in [0.15, 0.2) is 0 Å². The maximum absolute atomic E-state index is 3.58. The fourth-order valence-corrected chi connectivity index (χ4v) is 1.95. The van der Waals surface area contributed by atoms with Gasteiger partial charge in [0.2, 0.25) is 0 Å². The van der Waals surface area contributed by atoms with Crippen molar-refractivity contribution in [2.45, 2.75) is 53.9 Å². The van der Waals surface area contributed by atoms with Crippen LogP contribution in [-0.4, -0.2) is 13.1 Å². The Kier molecular flexibility index (Phi) is 8.26. The predicted molar refractivity (Wildman–Crippen MR) is 65.6 cm³/mol. The predicted octanol–water partition coefficient (Wildman–Crippen LogP) is 3.69. The molecule has 1 unspecified atom stereocenters. The van der Waals surface area contributed by atoms with Gasteiger partial charge < -0.3 is 5.32 Å². The van der Waals surface area contributed by atoms with Crippen LogP contribution in [-0.2, 0) is 0 Å². The molecule has 0 saturated carbocycles. The standard InChI is InChI=1S/C13H29N/c1-6-7-13(8-11(2)3)10-14-9-12(4)5/h11-14H,6-10H2,1-5H3. The lowest BCUT2D eigenvalue weighted by atomic mass is 9.93. The van der Waals surface area contributed by atoms with Crippen LogP contribution in [0.2, 0.25) is 0 Å². The van der Waals surface area contributed by atoms with Gasteiger partial charge in [-0.1, -0.05) is 41.0 Å². The van der Waals surface area contributed by atoms with E-state index >= 15 is 0 Å². The Balaban J connectivity index is 3.61. The van der Waals surface area contributed by atoms with E-state index < -0.39 is 0 Å². The van der Waals surface area contributed by atoms with Crippen molar-refractivity contribution in [1.82, 2.24) is 5.32 Å². The third-order valence-corrected chi connectivity index (χ3v) is 2.49. The van der Waals surface area contributed by atoms with Gasteiger partial charge in [0.05, 0.1) is 0 Å². The topological polar surface area (TPSA) is 12.0 Å². The minimum absolute atomic E-state index is 0.774. The Morgan fingerprint density at radius 1 is 0.929 bits per heavy atom. The van der Waals surface area contributed by atoms with Gasteiger partial charge in [-0.15, -0.1) is 0 Å². The third-order valence-electron chi connectivity index (χ3n) is 2.49. The summed E-state index contributed by atoms with van der Waals surface area (Å²) in [6.07, 6.45) is 4.07. The van der Waals surface area contributed by atoms with Crippen LogP contribution in [0, 0.1) is 17.8 Å². The second-order valence-corrected chi connectivity index (χ2v) is 5.34. The van der Waals surface area contributed by atoms with Crippen LogP contribution in [0.15, 0.2) is 0 Å². The zero-order valence-electron chi connectivity index (χ0n) is 10.8. The van der Waals surface area contributed by atoms with E-state index in [4.69, 9.17) is 0 Å². The number of hydrogen-bond donors (Lipinski definition) is 1. The second kappa shape index (κ2) is 8.28. The molecule has 0 radical (unpaired) electrons. The van der Waals surface area contributed by atoms with Crippen LogP contribution >= 0.6 is 0 Å². The highest BCUT2D eigenvalue weighted by molar-refractivity contribution is 4.64. The van der Waals surface area contributed by atoms with Gasteiger partial charge in [-0.3, -0.25) is 0 Å². The van der Waals surface area contributed by atoms with Crippen LogP contribution in [0.3, 0.4) is 0 Å². The minimum atomic E-state index is 0.774. The minimum Gasteiger partial charge on any atom is -0.316 e. The van der Waals surface area contributed by atoms with Crippen molar-refractivity contribution in [3.8, 4) is 0 Å². The Hall–Kier alpha value is -0.0400. The summed E-state index contributed by atoms with van der Waals surface area (Å²) in [5, 5.41) is 3.58. The van der Waals surface area contributed by atoms with Gasteiger partial charge in [0.1, 0.15) is 0 Å². The van der Waals surface area contributed by atoms with E-state index in [1.54, 1.807) is 0 Å². The molecule has 1 nitrogen and oxygen atoms in total. The Morgan fingerprint density at radius 2 is 1.57 bits per heavy atom. The van der Waals surface area contributed by atoms with E-state index in [-0.39, 0.29) is 0 Å². The summed E-state index contributed by atoms with van der Waals surface area (Å²) < 4.78 is 0. The lowest BCUT2D eigenvalue weighted by Gasteiger charge is -2.19. The summed E-state index contributed by atoms with van der Waals surface area (Å²) >= 11 is 0. The maximum atomic E-state index is 3.58. The summed E-state index contributed by atoms with van der Waals surface area (Å²) in [5.74, 6) is 2.50. The average Bonchev–Trinajstić information content (AvgIpc) is 2.02. The van der Waals surface area contributed by atoms with Gasteiger partial charge in [0.25, 0.3) is 0 Å². The first-order valence-corrected chi connectivity index (χ1v) is 6.26. The number of hydrogen-bond acceptors (Lipinski definition) is 1. The molecule has 0 aliphatic carbocycles. The van der Waals surface area contributed by atoms with Crippen molar-refractivity contribution >= 4 is 0 Å². The van der Waals surface area contributed by atoms with E-state index in [1.807, 2.05) is 0 Å². The fourth-order valence-electron chi connectivity index (χ4n) is 1.95. The molecule has 0 amide bonds. The molecule has 0 aromatic rings. The Labute approximate surface area is 90.7 Å². The summed E-state index contributed by atoms with van der Waals surface area (Å²) in [6, 6.07) is 0. The van der Waals surface area contributed by atoms with Gasteiger partial charge >= 0.3 is 0 Å². The quantitative estimate of drug-likeness (QED) is 0.628. The molecule has 1 N–H and O–H groups in total. The monoisotopic (exact) mass is 199 g/mol. The van der Waals surface area contributed by atoms with Crippen molar-refractivity contribution < 1.29 is 0 Å². The second-order valence-electron chi connectivity index (χ2n) is 5.34. The normalized spacial score (nSPS) is 13.9. The van der Waals surface area contributed by atoms with E-state index in [9.17, 15) is 0 Å². The third kappa shape index (κ3) is 8.55. The largest absolute Gasteiger partial charge is 0.316 e. The molecule has 0 bridgehead atoms. The van der Waals surface area contributed by atoms with Crippen LogP contribution in [0.5, 0.6) is 0 Å². The number of rotatable bonds is 8. The van der Waals surface area contributed by atoms with Gasteiger partial charge in [-0.25, -0.2) is 0 Å². The van der Waals surface area contributed by atoms with E-state index in [0.29, 0.717) is 0 Å². The molecular weight excluding hydrogens is 170 g/mol. The number of nitrogens with one attached hydrogen (secondary N) is 1. The van der Waals surface area contributed by atoms with Crippen molar-refractivity contribution in [3.05, 3.63) is 0 Å². The molecule has 0 fully saturated rings. The molecule has 0 heterocycles. The van der Waals surface area contributed by atoms with Crippen molar-refractivity contribution in [1.29, 1.82) is 0 Å². The maximum Gasteiger partial charge on any atom is -0.00203 e. The highest BCUT2D eigenvalue weighted by Gasteiger charge is 2.09. The SMILES string of the molecule is CCCC(CNCC(C)C)CC(C)C. The molecule has 0 rings (SSSR count). The van der Waals surface area contributed by atoms with Gasteiger partial charge in [-0.05, 0) is 43.7 Å². The van der Waals surface area contributed by atoms with Gasteiger partial charge in [-0.2, -0.15) is 0 Å². The van der Waals surface area contributed by atoms with Crippen molar-refractivity contribution in [3.63, 3.8) is 0 Å². The molecule has 0 saturated heterocycles. The van der Waals surface area contributed by atoms with Crippen molar-refractivity contribution in [2.24, 2.45) is 17.8 Å². The Bertz CT molecular complexity index is 118. The molecule has 0 aromatic heterocycles. The molecule has 0 aromatic carbocycles. The van der Waals surface area contributed by atoms with Crippen LogP contribution < -0.4 is 5.32 Å². The zero-order chi connectivity index (χ0) is 11.0. The van der Waals surface area contributed by atoms with Crippen molar-refractivity contribution in [2.75, 3.05) is 13.1 Å². The first kappa shape index (κ1) is 14.0. The van der Waals surface area contributed by atoms with E-state index in [0.717, 1.165) is 24.3 Å². The lowest BCUT2D eigenvalue weighted by molar-refractivity contribution is 0.356. The molecule has 0 spiro atoms. The molecular formula is C13H29N. The van der Waals surface area contributed by atoms with Crippen LogP contribution in [0.25, 0.3) is 0 Å². The summed E-state index contributed by atoms with van der Waals surface area (Å²) in [7, 11) is 0. The summed E-state index contributed by atoms with van der Waals surface area (Å²) in [6.45, 7) is 13.9. The highest BCUT2D eigenvalue weighted by atomic mass is 14.9. The fraction of sp³-hybridized carbons (Fsp3) is 1.00. The van der Waals surface area contributed by atoms with Crippen LogP contribution in [0.1, 0.15) is 53.9 Å². The molecule has 1 heteroatoms. The first-order valence-electron chi connectivity index (χ1n) is 6.26. The summed E-state index contributed by atoms with van der Waals surface area (Å²) in [4.78, 5) is 0. The van der Waals surface area contributed by atoms with E-state index in [2.05, 4.69) is 39.9 Å². The molecule has 14 heavy (non-hydrogen) atoms. The first-order chi connectivity index (χ1) is 6.56. The molecule has 1 atom stereocenters. The molecule has 86 valence electrons. The molecule has 0 aliphatic rings. The highest BCUT2D eigenvalue weighted by Crippen LogP contribution is 2.16. The van der Waals surface area contributed by atoms with Crippen LogP contribution in [0.4, 0.5) is 0 Å². The average molecular weight is 199 g/mol. The zero-order valence-corrected chi connectivity index (χ0v) is 10.8. The summed E-state index contributed by atoms with van der Waals surface area (Å²) in [5.41, 5.74) is 0. The molecule has 0 aliphatic heterocycles. The van der Waals surface area contributed by atoms with E-state index in [1.165, 1.54) is 25.8 Å². The smallest absolute Gasteiger partial charge is 0.00203 e.